The number of carbonyl (C=O) groups is 1. The van der Waals surface area contributed by atoms with E-state index in [9.17, 15) is 4.79 Å². The number of para-hydroxylation sites is 2. The second-order valence-electron chi connectivity index (χ2n) is 7.75. The molecule has 0 spiro atoms. The van der Waals surface area contributed by atoms with Crippen LogP contribution in [-0.4, -0.2) is 15.9 Å². The lowest BCUT2D eigenvalue weighted by Gasteiger charge is -2.11. The number of carbonyl (C=O) groups excluding carboxylic acids is 1. The highest BCUT2D eigenvalue weighted by Crippen LogP contribution is 2.48. The summed E-state index contributed by atoms with van der Waals surface area (Å²) in [5.74, 6) is 4.36. The van der Waals surface area contributed by atoms with Gasteiger partial charge in [0.15, 0.2) is 0 Å². The molecule has 0 bridgehead atoms. The van der Waals surface area contributed by atoms with E-state index in [0.717, 1.165) is 34.8 Å². The van der Waals surface area contributed by atoms with Crippen LogP contribution in [0.4, 0.5) is 0 Å². The monoisotopic (exact) mass is 349 g/mol. The molecule has 3 aromatic rings. The van der Waals surface area contributed by atoms with Crippen LogP contribution in [0.25, 0.3) is 11.0 Å². The van der Waals surface area contributed by atoms with Gasteiger partial charge >= 0.3 is 0 Å². The molecule has 0 aliphatic heterocycles. The number of furan rings is 1. The maximum atomic E-state index is 12.4. The fourth-order valence-corrected chi connectivity index (χ4v) is 3.75. The standard InChI is InChI=1S/C21H23N3O2/c1-12(18-8-9-19(26-18)13-6-7-13)22-20(25)11-14-10-15(14)21-23-16-4-2-3-5-17(16)24-21/h2-5,8-9,12-15H,6-7,10-11H2,1H3,(H,22,25)(H,23,24)/t12-,14+,15+/m1/s1. The van der Waals surface area contributed by atoms with E-state index in [-0.39, 0.29) is 11.9 Å². The molecule has 3 atom stereocenters. The third-order valence-corrected chi connectivity index (χ3v) is 5.56. The highest BCUT2D eigenvalue weighted by Gasteiger charge is 2.42. The number of nitrogens with one attached hydrogen (secondary N) is 2. The van der Waals surface area contributed by atoms with Gasteiger partial charge in [-0.2, -0.15) is 0 Å². The molecular weight excluding hydrogens is 326 g/mol. The van der Waals surface area contributed by atoms with Crippen molar-refractivity contribution in [2.45, 2.75) is 50.5 Å². The van der Waals surface area contributed by atoms with E-state index in [4.69, 9.17) is 4.42 Å². The van der Waals surface area contributed by atoms with Crippen LogP contribution < -0.4 is 5.32 Å². The molecule has 26 heavy (non-hydrogen) atoms. The largest absolute Gasteiger partial charge is 0.464 e. The normalized spacial score (nSPS) is 23.1. The summed E-state index contributed by atoms with van der Waals surface area (Å²) in [5.41, 5.74) is 2.06. The molecule has 0 radical (unpaired) electrons. The number of nitrogens with zero attached hydrogens (tertiary/aromatic N) is 1. The zero-order valence-electron chi connectivity index (χ0n) is 14.9. The number of imidazole rings is 1. The van der Waals surface area contributed by atoms with Gasteiger partial charge in [-0.25, -0.2) is 4.98 Å². The zero-order valence-corrected chi connectivity index (χ0v) is 14.9. The quantitative estimate of drug-likeness (QED) is 0.693. The van der Waals surface area contributed by atoms with E-state index >= 15 is 0 Å². The van der Waals surface area contributed by atoms with Gasteiger partial charge in [-0.1, -0.05) is 12.1 Å². The molecule has 0 unspecified atom stereocenters. The first-order valence-corrected chi connectivity index (χ1v) is 9.51. The van der Waals surface area contributed by atoms with Gasteiger partial charge in [-0.05, 0) is 56.4 Å². The van der Waals surface area contributed by atoms with Crippen molar-refractivity contribution in [2.75, 3.05) is 0 Å². The number of H-pyrrole nitrogens is 1. The highest BCUT2D eigenvalue weighted by molar-refractivity contribution is 5.77. The molecule has 0 saturated heterocycles. The van der Waals surface area contributed by atoms with E-state index in [0.29, 0.717) is 24.2 Å². The number of fused-ring (bicyclic) bond motifs is 1. The van der Waals surface area contributed by atoms with E-state index in [1.165, 1.54) is 12.8 Å². The smallest absolute Gasteiger partial charge is 0.220 e. The molecule has 2 aromatic heterocycles. The lowest BCUT2D eigenvalue weighted by molar-refractivity contribution is -0.122. The van der Waals surface area contributed by atoms with Crippen molar-refractivity contribution in [1.29, 1.82) is 0 Å². The summed E-state index contributed by atoms with van der Waals surface area (Å²) in [7, 11) is 0. The van der Waals surface area contributed by atoms with Crippen molar-refractivity contribution in [3.8, 4) is 0 Å². The number of aromatic nitrogens is 2. The van der Waals surface area contributed by atoms with E-state index < -0.39 is 0 Å². The number of amides is 1. The molecule has 2 heterocycles. The molecule has 5 heteroatoms. The molecule has 2 aliphatic rings. The van der Waals surface area contributed by atoms with E-state index in [1.54, 1.807) is 0 Å². The molecule has 5 rings (SSSR count). The minimum absolute atomic E-state index is 0.0848. The average Bonchev–Trinajstić information content (AvgIpc) is 3.52. The van der Waals surface area contributed by atoms with Gasteiger partial charge in [0.25, 0.3) is 0 Å². The van der Waals surface area contributed by atoms with Gasteiger partial charge in [-0.3, -0.25) is 4.79 Å². The number of hydrogen-bond acceptors (Lipinski definition) is 3. The minimum Gasteiger partial charge on any atom is -0.464 e. The first-order chi connectivity index (χ1) is 12.7. The van der Waals surface area contributed by atoms with Gasteiger partial charge in [0.05, 0.1) is 17.1 Å². The third-order valence-electron chi connectivity index (χ3n) is 5.56. The van der Waals surface area contributed by atoms with Gasteiger partial charge < -0.3 is 14.7 Å². The SMILES string of the molecule is C[C@@H](NC(=O)C[C@@H]1C[C@@H]1c1nc2ccccc2[nH]1)c1ccc(C2CC2)o1. The predicted molar refractivity (Wildman–Crippen MR) is 98.8 cm³/mol. The first kappa shape index (κ1) is 15.7. The van der Waals surface area contributed by atoms with Crippen LogP contribution in [0.15, 0.2) is 40.8 Å². The minimum atomic E-state index is -0.0848. The summed E-state index contributed by atoms with van der Waals surface area (Å²) in [6.07, 6.45) is 4.01. The highest BCUT2D eigenvalue weighted by atomic mass is 16.3. The Morgan fingerprint density at radius 1 is 1.31 bits per heavy atom. The van der Waals surface area contributed by atoms with E-state index in [1.807, 2.05) is 43.3 Å². The Morgan fingerprint density at radius 3 is 2.96 bits per heavy atom. The van der Waals surface area contributed by atoms with Crippen molar-refractivity contribution < 1.29 is 9.21 Å². The molecule has 2 saturated carbocycles. The topological polar surface area (TPSA) is 70.9 Å². The number of hydrogen-bond donors (Lipinski definition) is 2. The molecule has 1 aromatic carbocycles. The summed E-state index contributed by atoms with van der Waals surface area (Å²) in [4.78, 5) is 20.4. The number of rotatable bonds is 6. The fraction of sp³-hybridized carbons (Fsp3) is 0.429. The summed E-state index contributed by atoms with van der Waals surface area (Å²) in [6.45, 7) is 1.98. The second kappa shape index (κ2) is 6.01. The Morgan fingerprint density at radius 2 is 2.15 bits per heavy atom. The van der Waals surface area contributed by atoms with Gasteiger partial charge in [0.2, 0.25) is 5.91 Å². The van der Waals surface area contributed by atoms with Crippen LogP contribution in [0.1, 0.15) is 67.8 Å². The van der Waals surface area contributed by atoms with Gasteiger partial charge in [0, 0.05) is 18.3 Å². The maximum Gasteiger partial charge on any atom is 0.220 e. The lowest BCUT2D eigenvalue weighted by Crippen LogP contribution is -2.26. The van der Waals surface area contributed by atoms with Crippen molar-refractivity contribution in [1.82, 2.24) is 15.3 Å². The molecular formula is C21H23N3O2. The van der Waals surface area contributed by atoms with Crippen LogP contribution in [0.5, 0.6) is 0 Å². The van der Waals surface area contributed by atoms with Crippen LogP contribution >= 0.6 is 0 Å². The number of benzene rings is 1. The zero-order chi connectivity index (χ0) is 17.7. The van der Waals surface area contributed by atoms with Gasteiger partial charge in [-0.15, -0.1) is 0 Å². The van der Waals surface area contributed by atoms with Crippen molar-refractivity contribution >= 4 is 16.9 Å². The van der Waals surface area contributed by atoms with E-state index in [2.05, 4.69) is 15.3 Å². The Bertz CT molecular complexity index is 920. The van der Waals surface area contributed by atoms with Crippen molar-refractivity contribution in [3.63, 3.8) is 0 Å². The Kier molecular flexibility index (Phi) is 3.62. The molecule has 2 aliphatic carbocycles. The van der Waals surface area contributed by atoms with Crippen LogP contribution in [-0.2, 0) is 4.79 Å². The second-order valence-corrected chi connectivity index (χ2v) is 7.75. The lowest BCUT2D eigenvalue weighted by atomic mass is 10.2. The Hall–Kier alpha value is -2.56. The maximum absolute atomic E-state index is 12.4. The number of aromatic amines is 1. The predicted octanol–water partition coefficient (Wildman–Crippen LogP) is 4.40. The molecule has 2 fully saturated rings. The third kappa shape index (κ3) is 3.02. The summed E-state index contributed by atoms with van der Waals surface area (Å²) >= 11 is 0. The molecule has 2 N–H and O–H groups in total. The Balaban J connectivity index is 1.17. The Labute approximate surface area is 152 Å². The molecule has 1 amide bonds. The molecule has 5 nitrogen and oxygen atoms in total. The molecule has 134 valence electrons. The van der Waals surface area contributed by atoms with Crippen LogP contribution in [0, 0.1) is 5.92 Å². The van der Waals surface area contributed by atoms with Crippen molar-refractivity contribution in [3.05, 3.63) is 53.7 Å². The van der Waals surface area contributed by atoms with Crippen LogP contribution in [0.2, 0.25) is 0 Å². The van der Waals surface area contributed by atoms with Gasteiger partial charge in [0.1, 0.15) is 17.3 Å². The first-order valence-electron chi connectivity index (χ1n) is 9.51. The average molecular weight is 349 g/mol. The summed E-state index contributed by atoms with van der Waals surface area (Å²) < 4.78 is 5.89. The van der Waals surface area contributed by atoms with Crippen LogP contribution in [0.3, 0.4) is 0 Å². The summed E-state index contributed by atoms with van der Waals surface area (Å²) in [5, 5.41) is 3.08. The summed E-state index contributed by atoms with van der Waals surface area (Å²) in [6, 6.07) is 12.0. The van der Waals surface area contributed by atoms with Crippen molar-refractivity contribution in [2.24, 2.45) is 5.92 Å². The fourth-order valence-electron chi connectivity index (χ4n) is 3.75.